The quantitative estimate of drug-likeness (QED) is 0.569. The summed E-state index contributed by atoms with van der Waals surface area (Å²) in [6, 6.07) is 2.00. The molecule has 0 amide bonds. The van der Waals surface area contributed by atoms with Gasteiger partial charge in [-0.1, -0.05) is 0 Å². The topological polar surface area (TPSA) is 24.9 Å². The lowest BCUT2D eigenvalue weighted by Gasteiger charge is -2.08. The maximum absolute atomic E-state index is 4.01. The molecule has 0 saturated heterocycles. The van der Waals surface area contributed by atoms with Crippen molar-refractivity contribution >= 4 is 18.0 Å². The molecule has 1 N–H and O–H groups in total. The Hall–Kier alpha value is -0.960. The number of aromatic nitrogens is 1. The van der Waals surface area contributed by atoms with Gasteiger partial charge in [-0.05, 0) is 24.1 Å². The van der Waals surface area contributed by atoms with Gasteiger partial charge in [-0.15, -0.1) is 0 Å². The normalized spacial score (nSPS) is 14.0. The Bertz CT molecular complexity index is 270. The number of fused-ring (bicyclic) bond motifs is 1. The highest BCUT2D eigenvalue weighted by molar-refractivity contribution is 7.97. The molecule has 0 bridgehead atoms. The molecule has 0 spiro atoms. The average molecular weight is 150 g/mol. The van der Waals surface area contributed by atoms with Crippen LogP contribution >= 0.6 is 11.9 Å². The van der Waals surface area contributed by atoms with Crippen molar-refractivity contribution in [3.05, 3.63) is 30.2 Å². The lowest BCUT2D eigenvalue weighted by Crippen LogP contribution is -1.97. The van der Waals surface area contributed by atoms with Crippen LogP contribution in [0, 0.1) is 0 Å². The fourth-order valence-electron chi connectivity index (χ4n) is 0.833. The minimum atomic E-state index is 1.19. The summed E-state index contributed by atoms with van der Waals surface area (Å²) < 4.78 is 3.05. The molecule has 1 aromatic heterocycles. The number of pyridine rings is 1. The van der Waals surface area contributed by atoms with Crippen LogP contribution < -0.4 is 4.72 Å². The van der Waals surface area contributed by atoms with E-state index in [2.05, 4.69) is 9.71 Å². The Morgan fingerprint density at radius 1 is 1.50 bits per heavy atom. The van der Waals surface area contributed by atoms with Crippen molar-refractivity contribution in [2.75, 3.05) is 0 Å². The minimum absolute atomic E-state index is 1.19. The maximum atomic E-state index is 4.01. The molecule has 1 aliphatic rings. The van der Waals surface area contributed by atoms with Gasteiger partial charge < -0.3 is 4.72 Å². The highest BCUT2D eigenvalue weighted by Crippen LogP contribution is 2.22. The number of hydrogen-bond acceptors (Lipinski definition) is 3. The Kier molecular flexibility index (Phi) is 1.36. The summed E-state index contributed by atoms with van der Waals surface area (Å²) in [6.45, 7) is 0. The SMILES string of the molecule is C1=Cc2cnccc2SN1. The van der Waals surface area contributed by atoms with Crippen LogP contribution in [0.1, 0.15) is 5.56 Å². The van der Waals surface area contributed by atoms with Crippen molar-refractivity contribution < 1.29 is 0 Å². The predicted octanol–water partition coefficient (Wildman–Crippen LogP) is 1.66. The number of nitrogens with one attached hydrogen (secondary N) is 1. The van der Waals surface area contributed by atoms with Gasteiger partial charge in [-0.3, -0.25) is 4.98 Å². The molecule has 2 nitrogen and oxygen atoms in total. The summed E-state index contributed by atoms with van der Waals surface area (Å²) >= 11 is 1.61. The molecule has 2 heterocycles. The molecular weight excluding hydrogens is 144 g/mol. The lowest BCUT2D eigenvalue weighted by molar-refractivity contribution is 1.22. The highest BCUT2D eigenvalue weighted by Gasteiger charge is 2.01. The molecule has 0 radical (unpaired) electrons. The van der Waals surface area contributed by atoms with Crippen molar-refractivity contribution in [3.63, 3.8) is 0 Å². The predicted molar refractivity (Wildman–Crippen MR) is 42.3 cm³/mol. The van der Waals surface area contributed by atoms with Crippen LogP contribution in [0.25, 0.3) is 6.08 Å². The van der Waals surface area contributed by atoms with Crippen LogP contribution in [-0.2, 0) is 0 Å². The summed E-state index contributed by atoms with van der Waals surface area (Å²) in [4.78, 5) is 5.24. The van der Waals surface area contributed by atoms with Crippen LogP contribution in [0.15, 0.2) is 29.6 Å². The van der Waals surface area contributed by atoms with Crippen LogP contribution in [0.4, 0.5) is 0 Å². The molecule has 0 saturated carbocycles. The van der Waals surface area contributed by atoms with Crippen LogP contribution in [0.5, 0.6) is 0 Å². The zero-order valence-corrected chi connectivity index (χ0v) is 6.06. The molecule has 3 heteroatoms. The number of hydrogen-bond donors (Lipinski definition) is 1. The number of rotatable bonds is 0. The summed E-state index contributed by atoms with van der Waals surface area (Å²) in [6.07, 6.45) is 7.58. The van der Waals surface area contributed by atoms with Gasteiger partial charge in [0.25, 0.3) is 0 Å². The largest absolute Gasteiger partial charge is 0.332 e. The summed E-state index contributed by atoms with van der Waals surface area (Å²) in [7, 11) is 0. The Labute approximate surface area is 63.5 Å². The first-order valence-electron chi connectivity index (χ1n) is 3.00. The fourth-order valence-corrected chi connectivity index (χ4v) is 1.46. The second-order valence-electron chi connectivity index (χ2n) is 1.97. The molecule has 0 unspecified atom stereocenters. The molecule has 0 aliphatic carbocycles. The van der Waals surface area contributed by atoms with E-state index < -0.39 is 0 Å². The van der Waals surface area contributed by atoms with Crippen molar-refractivity contribution in [1.82, 2.24) is 9.71 Å². The molecule has 50 valence electrons. The Morgan fingerprint density at radius 3 is 3.40 bits per heavy atom. The van der Waals surface area contributed by atoms with Crippen LogP contribution in [0.3, 0.4) is 0 Å². The minimum Gasteiger partial charge on any atom is -0.332 e. The Morgan fingerprint density at radius 2 is 2.50 bits per heavy atom. The van der Waals surface area contributed by atoms with Gasteiger partial charge in [0.05, 0.1) is 0 Å². The van der Waals surface area contributed by atoms with Crippen molar-refractivity contribution in [2.24, 2.45) is 0 Å². The Balaban J connectivity index is 2.54. The van der Waals surface area contributed by atoms with E-state index in [1.165, 1.54) is 10.5 Å². The third kappa shape index (κ3) is 0.885. The lowest BCUT2D eigenvalue weighted by atomic mass is 10.3. The van der Waals surface area contributed by atoms with Crippen LogP contribution in [0.2, 0.25) is 0 Å². The summed E-state index contributed by atoms with van der Waals surface area (Å²) in [5.41, 5.74) is 1.19. The molecule has 10 heavy (non-hydrogen) atoms. The molecule has 0 fully saturated rings. The molecule has 0 atom stereocenters. The first-order chi connectivity index (χ1) is 4.97. The second kappa shape index (κ2) is 2.34. The monoisotopic (exact) mass is 150 g/mol. The first-order valence-corrected chi connectivity index (χ1v) is 3.81. The van der Waals surface area contributed by atoms with Gasteiger partial charge in [0.2, 0.25) is 0 Å². The van der Waals surface area contributed by atoms with Crippen molar-refractivity contribution in [2.45, 2.75) is 4.90 Å². The van der Waals surface area contributed by atoms with Crippen molar-refractivity contribution in [3.8, 4) is 0 Å². The van der Waals surface area contributed by atoms with E-state index >= 15 is 0 Å². The summed E-state index contributed by atoms with van der Waals surface area (Å²) in [5, 5.41) is 0. The maximum Gasteiger partial charge on any atom is 0.0388 e. The standard InChI is InChI=1S/C7H6N2S/c1-4-9-10-7-2-3-8-5-6(1)7/h1-5,9H. The van der Waals surface area contributed by atoms with E-state index in [1.807, 2.05) is 24.5 Å². The zero-order valence-electron chi connectivity index (χ0n) is 5.24. The average Bonchev–Trinajstić information content (AvgIpc) is 2.05. The third-order valence-corrected chi connectivity index (χ3v) is 2.16. The van der Waals surface area contributed by atoms with E-state index in [9.17, 15) is 0 Å². The fraction of sp³-hybridized carbons (Fsp3) is 0. The molecular formula is C7H6N2S. The highest BCUT2D eigenvalue weighted by atomic mass is 32.2. The third-order valence-electron chi connectivity index (χ3n) is 1.31. The molecule has 1 aliphatic heterocycles. The van der Waals surface area contributed by atoms with Gasteiger partial charge in [-0.2, -0.15) is 0 Å². The van der Waals surface area contributed by atoms with E-state index in [0.29, 0.717) is 0 Å². The van der Waals surface area contributed by atoms with E-state index in [0.717, 1.165) is 0 Å². The van der Waals surface area contributed by atoms with Crippen molar-refractivity contribution in [1.29, 1.82) is 0 Å². The van der Waals surface area contributed by atoms with Gasteiger partial charge in [0, 0.05) is 29.1 Å². The second-order valence-corrected chi connectivity index (χ2v) is 2.85. The number of nitrogens with zero attached hydrogens (tertiary/aromatic N) is 1. The first kappa shape index (κ1) is 5.80. The van der Waals surface area contributed by atoms with E-state index in [1.54, 1.807) is 18.1 Å². The van der Waals surface area contributed by atoms with Gasteiger partial charge in [-0.25, -0.2) is 0 Å². The van der Waals surface area contributed by atoms with Gasteiger partial charge >= 0.3 is 0 Å². The van der Waals surface area contributed by atoms with Gasteiger partial charge in [0.15, 0.2) is 0 Å². The zero-order chi connectivity index (χ0) is 6.81. The van der Waals surface area contributed by atoms with Gasteiger partial charge in [0.1, 0.15) is 0 Å². The molecule has 0 aromatic carbocycles. The summed E-state index contributed by atoms with van der Waals surface area (Å²) in [5.74, 6) is 0. The smallest absolute Gasteiger partial charge is 0.0388 e. The van der Waals surface area contributed by atoms with E-state index in [4.69, 9.17) is 0 Å². The molecule has 1 aromatic rings. The van der Waals surface area contributed by atoms with E-state index in [-0.39, 0.29) is 0 Å². The molecule has 2 rings (SSSR count). The van der Waals surface area contributed by atoms with Crippen LogP contribution in [-0.4, -0.2) is 4.98 Å².